The molecular formula is C27H25F6NO3S2. The molecule has 1 heterocycles. The molecular weight excluding hydrogens is 564 g/mol. The second kappa shape index (κ2) is 12.5. The zero-order valence-corrected chi connectivity index (χ0v) is 22.5. The molecule has 0 aliphatic heterocycles. The summed E-state index contributed by atoms with van der Waals surface area (Å²) in [4.78, 5) is 24.5. The third-order valence-electron chi connectivity index (χ3n) is 5.77. The minimum atomic E-state index is -4.45. The number of nitrogens with one attached hydrogen (secondary N) is 1. The smallest absolute Gasteiger partial charge is 0.416 e. The standard InChI is InChI=1S/C27H25F6NO3S2/c1-15-13-19(14-16(2)24(15)17-3-5-18(6-4-17)27(31,32)33)38-21(9-11-26(28,29)30)20-7-8-22(39-20)25(37)34-12-10-23(35)36/h3-8,13-14,21H,9-12H2,1-2H3,(H,34,37)(H,35,36). The van der Waals surface area contributed by atoms with Crippen molar-refractivity contribution < 1.29 is 41.0 Å². The first kappa shape index (κ1) is 30.6. The molecule has 1 unspecified atom stereocenters. The highest BCUT2D eigenvalue weighted by atomic mass is 32.2. The second-order valence-electron chi connectivity index (χ2n) is 8.87. The minimum Gasteiger partial charge on any atom is -0.481 e. The monoisotopic (exact) mass is 589 g/mol. The number of hydrogen-bond acceptors (Lipinski definition) is 4. The summed E-state index contributed by atoms with van der Waals surface area (Å²) in [6, 6.07) is 11.5. The molecule has 2 N–H and O–H groups in total. The summed E-state index contributed by atoms with van der Waals surface area (Å²) in [5, 5.41) is 10.6. The van der Waals surface area contributed by atoms with Crippen LogP contribution in [0.4, 0.5) is 26.3 Å². The number of aryl methyl sites for hydroxylation is 2. The van der Waals surface area contributed by atoms with Crippen molar-refractivity contribution in [3.63, 3.8) is 0 Å². The molecule has 3 aromatic rings. The van der Waals surface area contributed by atoms with Crippen molar-refractivity contribution in [3.8, 4) is 11.1 Å². The van der Waals surface area contributed by atoms with Gasteiger partial charge in [0.25, 0.3) is 5.91 Å². The van der Waals surface area contributed by atoms with E-state index in [0.29, 0.717) is 15.3 Å². The molecule has 0 aliphatic carbocycles. The number of carboxylic acids is 1. The Labute approximate surface area is 229 Å². The number of alkyl halides is 6. The number of carboxylic acid groups (broad SMARTS) is 1. The van der Waals surface area contributed by atoms with E-state index in [4.69, 9.17) is 5.11 Å². The van der Waals surface area contributed by atoms with E-state index < -0.39 is 41.5 Å². The fourth-order valence-corrected chi connectivity index (χ4v) is 6.49. The van der Waals surface area contributed by atoms with Gasteiger partial charge in [0.15, 0.2) is 0 Å². The van der Waals surface area contributed by atoms with E-state index in [1.54, 1.807) is 32.0 Å². The van der Waals surface area contributed by atoms with Crippen LogP contribution >= 0.6 is 23.1 Å². The Morgan fingerprint density at radius 2 is 1.59 bits per heavy atom. The fourth-order valence-electron chi connectivity index (χ4n) is 4.01. The van der Waals surface area contributed by atoms with Gasteiger partial charge in [0.1, 0.15) is 0 Å². The van der Waals surface area contributed by atoms with Crippen LogP contribution < -0.4 is 5.32 Å². The summed E-state index contributed by atoms with van der Waals surface area (Å²) in [5.74, 6) is -1.57. The topological polar surface area (TPSA) is 66.4 Å². The number of aliphatic carboxylic acids is 1. The lowest BCUT2D eigenvalue weighted by Crippen LogP contribution is -2.25. The molecule has 2 aromatic carbocycles. The molecule has 3 rings (SSSR count). The number of hydrogen-bond donors (Lipinski definition) is 2. The Hall–Kier alpha value is -2.99. The Morgan fingerprint density at radius 1 is 0.974 bits per heavy atom. The van der Waals surface area contributed by atoms with Crippen LogP contribution in [0.2, 0.25) is 0 Å². The van der Waals surface area contributed by atoms with Crippen LogP contribution in [0.15, 0.2) is 53.4 Å². The fraction of sp³-hybridized carbons (Fsp3) is 0.333. The zero-order chi connectivity index (χ0) is 29.0. The van der Waals surface area contributed by atoms with Gasteiger partial charge in [-0.15, -0.1) is 23.1 Å². The highest BCUT2D eigenvalue weighted by molar-refractivity contribution is 7.99. The molecule has 0 saturated heterocycles. The minimum absolute atomic E-state index is 0.0719. The van der Waals surface area contributed by atoms with Gasteiger partial charge in [-0.3, -0.25) is 9.59 Å². The average molecular weight is 590 g/mol. The predicted molar refractivity (Wildman–Crippen MR) is 139 cm³/mol. The number of benzene rings is 2. The number of halogens is 6. The first-order valence-corrected chi connectivity index (χ1v) is 13.5. The number of thioether (sulfide) groups is 1. The van der Waals surface area contributed by atoms with Crippen molar-refractivity contribution in [1.82, 2.24) is 5.32 Å². The molecule has 1 amide bonds. The second-order valence-corrected chi connectivity index (χ2v) is 11.3. The van der Waals surface area contributed by atoms with Crippen LogP contribution in [-0.2, 0) is 11.0 Å². The van der Waals surface area contributed by atoms with Crippen LogP contribution in [0.25, 0.3) is 11.1 Å². The van der Waals surface area contributed by atoms with E-state index >= 15 is 0 Å². The first-order valence-electron chi connectivity index (χ1n) is 11.8. The largest absolute Gasteiger partial charge is 0.481 e. The van der Waals surface area contributed by atoms with E-state index in [1.165, 1.54) is 30.0 Å². The van der Waals surface area contributed by atoms with E-state index in [9.17, 15) is 35.9 Å². The Morgan fingerprint density at radius 3 is 2.13 bits per heavy atom. The number of rotatable bonds is 10. The highest BCUT2D eigenvalue weighted by Gasteiger charge is 2.31. The van der Waals surface area contributed by atoms with Gasteiger partial charge in [-0.05, 0) is 78.9 Å². The lowest BCUT2D eigenvalue weighted by molar-refractivity contribution is -0.138. The summed E-state index contributed by atoms with van der Waals surface area (Å²) < 4.78 is 78.1. The van der Waals surface area contributed by atoms with Crippen molar-refractivity contribution in [3.05, 3.63) is 75.0 Å². The lowest BCUT2D eigenvalue weighted by Gasteiger charge is -2.19. The number of carbonyl (C=O) groups is 2. The molecule has 1 atom stereocenters. The van der Waals surface area contributed by atoms with Crippen molar-refractivity contribution >= 4 is 35.0 Å². The predicted octanol–water partition coefficient (Wildman–Crippen LogP) is 8.43. The average Bonchev–Trinajstić information content (AvgIpc) is 3.30. The highest BCUT2D eigenvalue weighted by Crippen LogP contribution is 2.45. The van der Waals surface area contributed by atoms with Crippen molar-refractivity contribution in [2.24, 2.45) is 0 Å². The van der Waals surface area contributed by atoms with E-state index in [2.05, 4.69) is 5.32 Å². The van der Waals surface area contributed by atoms with E-state index in [1.807, 2.05) is 0 Å². The van der Waals surface area contributed by atoms with Gasteiger partial charge in [-0.2, -0.15) is 26.3 Å². The maximum atomic E-state index is 13.1. The first-order chi connectivity index (χ1) is 18.1. The van der Waals surface area contributed by atoms with Gasteiger partial charge in [0, 0.05) is 28.0 Å². The molecule has 39 heavy (non-hydrogen) atoms. The maximum absolute atomic E-state index is 13.1. The maximum Gasteiger partial charge on any atom is 0.416 e. The van der Waals surface area contributed by atoms with E-state index in [0.717, 1.165) is 40.2 Å². The lowest BCUT2D eigenvalue weighted by atomic mass is 9.95. The van der Waals surface area contributed by atoms with Gasteiger partial charge in [0.05, 0.1) is 16.9 Å². The summed E-state index contributed by atoms with van der Waals surface area (Å²) in [7, 11) is 0. The molecule has 0 saturated carbocycles. The van der Waals surface area contributed by atoms with Crippen LogP contribution in [0, 0.1) is 13.8 Å². The molecule has 1 aromatic heterocycles. The summed E-state index contributed by atoms with van der Waals surface area (Å²) in [5.41, 5.74) is 2.11. The van der Waals surface area contributed by atoms with Gasteiger partial charge in [-0.25, -0.2) is 0 Å². The van der Waals surface area contributed by atoms with Crippen LogP contribution in [0.3, 0.4) is 0 Å². The van der Waals surface area contributed by atoms with Crippen LogP contribution in [0.5, 0.6) is 0 Å². The van der Waals surface area contributed by atoms with Crippen molar-refractivity contribution in [2.45, 2.75) is 55.6 Å². The zero-order valence-electron chi connectivity index (χ0n) is 20.9. The molecule has 0 fully saturated rings. The summed E-state index contributed by atoms with van der Waals surface area (Å²) in [6.07, 6.45) is -10.3. The number of amides is 1. The van der Waals surface area contributed by atoms with Gasteiger partial charge in [0.2, 0.25) is 0 Å². The van der Waals surface area contributed by atoms with E-state index in [-0.39, 0.29) is 24.3 Å². The molecule has 0 aliphatic rings. The number of thiophene rings is 1. The third-order valence-corrected chi connectivity index (χ3v) is 8.40. The quantitative estimate of drug-likeness (QED) is 0.184. The normalized spacial score (nSPS) is 12.8. The van der Waals surface area contributed by atoms with Gasteiger partial charge in [-0.1, -0.05) is 12.1 Å². The number of carbonyl (C=O) groups excluding carboxylic acids is 1. The van der Waals surface area contributed by atoms with Crippen molar-refractivity contribution in [1.29, 1.82) is 0 Å². The van der Waals surface area contributed by atoms with Crippen molar-refractivity contribution in [2.75, 3.05) is 6.54 Å². The molecule has 0 bridgehead atoms. The third kappa shape index (κ3) is 8.76. The van der Waals surface area contributed by atoms with Gasteiger partial charge >= 0.3 is 18.3 Å². The molecule has 210 valence electrons. The molecule has 12 heteroatoms. The Kier molecular flexibility index (Phi) is 9.76. The van der Waals surface area contributed by atoms with Gasteiger partial charge < -0.3 is 10.4 Å². The SMILES string of the molecule is Cc1cc(SC(CCC(F)(F)F)c2ccc(C(=O)NCCC(=O)O)s2)cc(C)c1-c1ccc(C(F)(F)F)cc1. The molecule has 0 radical (unpaired) electrons. The van der Waals surface area contributed by atoms with Crippen LogP contribution in [0.1, 0.15) is 55.8 Å². The Bertz CT molecular complexity index is 1290. The molecule has 4 nitrogen and oxygen atoms in total. The van der Waals surface area contributed by atoms with Crippen LogP contribution in [-0.4, -0.2) is 29.7 Å². The Balaban J connectivity index is 1.84. The summed E-state index contributed by atoms with van der Waals surface area (Å²) in [6.45, 7) is 3.51. The summed E-state index contributed by atoms with van der Waals surface area (Å²) >= 11 is 2.27. The molecule has 0 spiro atoms.